The molecule has 0 heterocycles. The van der Waals surface area contributed by atoms with Gasteiger partial charge in [-0.25, -0.2) is 8.42 Å². The lowest BCUT2D eigenvalue weighted by atomic mass is 10.1. The lowest BCUT2D eigenvalue weighted by Gasteiger charge is -2.10. The highest BCUT2D eigenvalue weighted by Gasteiger charge is 2.15. The largest absolute Gasteiger partial charge is 0.494 e. The zero-order valence-electron chi connectivity index (χ0n) is 16.2. The summed E-state index contributed by atoms with van der Waals surface area (Å²) in [5.41, 5.74) is 2.47. The van der Waals surface area contributed by atoms with Crippen molar-refractivity contribution in [2.24, 2.45) is 0 Å². The molecule has 6 nitrogen and oxygen atoms in total. The van der Waals surface area contributed by atoms with Crippen LogP contribution in [0.4, 0.5) is 11.4 Å². The fraction of sp³-hybridized carbons (Fsp3) is 0.136. The van der Waals surface area contributed by atoms with Crippen LogP contribution in [0.5, 0.6) is 5.75 Å². The quantitative estimate of drug-likeness (QED) is 0.603. The van der Waals surface area contributed by atoms with Gasteiger partial charge in [-0.1, -0.05) is 17.7 Å². The molecule has 3 aromatic carbocycles. The molecule has 2 N–H and O–H groups in total. The number of amides is 1. The summed E-state index contributed by atoms with van der Waals surface area (Å²) in [4.78, 5) is 12.4. The van der Waals surface area contributed by atoms with Crippen molar-refractivity contribution in [3.8, 4) is 5.75 Å². The Balaban J connectivity index is 1.69. The van der Waals surface area contributed by atoms with Crippen molar-refractivity contribution in [1.82, 2.24) is 0 Å². The lowest BCUT2D eigenvalue weighted by Crippen LogP contribution is -2.14. The first-order valence-electron chi connectivity index (χ1n) is 9.11. The summed E-state index contributed by atoms with van der Waals surface area (Å²) in [5, 5.41) is 2.76. The molecule has 0 atom stereocenters. The summed E-state index contributed by atoms with van der Waals surface area (Å²) in [6, 6.07) is 19.9. The molecule has 0 aliphatic heterocycles. The Labute approximate surface area is 170 Å². The van der Waals surface area contributed by atoms with Gasteiger partial charge in [0.15, 0.2) is 0 Å². The molecule has 3 rings (SSSR count). The predicted octanol–water partition coefficient (Wildman–Crippen LogP) is 4.45. The molecule has 0 radical (unpaired) electrons. The highest BCUT2D eigenvalue weighted by Crippen LogP contribution is 2.21. The maximum absolute atomic E-state index is 12.6. The molecule has 0 bridgehead atoms. The minimum absolute atomic E-state index is 0.0972. The molecular formula is C22H22N2O4S. The van der Waals surface area contributed by atoms with E-state index in [1.165, 1.54) is 12.1 Å². The van der Waals surface area contributed by atoms with Crippen LogP contribution < -0.4 is 14.8 Å². The van der Waals surface area contributed by atoms with Crippen molar-refractivity contribution in [1.29, 1.82) is 0 Å². The van der Waals surface area contributed by atoms with Crippen molar-refractivity contribution in [3.05, 3.63) is 83.9 Å². The van der Waals surface area contributed by atoms with Crippen LogP contribution in [-0.4, -0.2) is 20.9 Å². The molecule has 0 aliphatic rings. The Morgan fingerprint density at radius 2 is 1.59 bits per heavy atom. The van der Waals surface area contributed by atoms with Crippen LogP contribution in [0.1, 0.15) is 22.8 Å². The zero-order chi connectivity index (χ0) is 20.9. The molecule has 0 saturated carbocycles. The van der Waals surface area contributed by atoms with E-state index in [1.54, 1.807) is 48.5 Å². The highest BCUT2D eigenvalue weighted by molar-refractivity contribution is 7.92. The van der Waals surface area contributed by atoms with Crippen LogP contribution in [0, 0.1) is 6.92 Å². The molecular weight excluding hydrogens is 388 g/mol. The van der Waals surface area contributed by atoms with Crippen LogP contribution in [-0.2, 0) is 10.0 Å². The van der Waals surface area contributed by atoms with Crippen LogP contribution in [0.25, 0.3) is 0 Å². The third-order valence-electron chi connectivity index (χ3n) is 4.12. The van der Waals surface area contributed by atoms with Gasteiger partial charge in [0.2, 0.25) is 0 Å². The highest BCUT2D eigenvalue weighted by atomic mass is 32.2. The molecule has 0 saturated heterocycles. The summed E-state index contributed by atoms with van der Waals surface area (Å²) in [5.74, 6) is 0.418. The first kappa shape index (κ1) is 20.4. The third-order valence-corrected chi connectivity index (χ3v) is 5.52. The van der Waals surface area contributed by atoms with Gasteiger partial charge in [0.05, 0.1) is 11.5 Å². The van der Waals surface area contributed by atoms with Crippen LogP contribution >= 0.6 is 0 Å². The number of hydrogen-bond acceptors (Lipinski definition) is 4. The molecule has 29 heavy (non-hydrogen) atoms. The van der Waals surface area contributed by atoms with E-state index in [0.29, 0.717) is 29.3 Å². The number of hydrogen-bond donors (Lipinski definition) is 2. The normalized spacial score (nSPS) is 11.0. The minimum atomic E-state index is -3.74. The van der Waals surface area contributed by atoms with Crippen LogP contribution in [0.15, 0.2) is 77.7 Å². The molecule has 0 aromatic heterocycles. The molecule has 0 aliphatic carbocycles. The molecule has 0 fully saturated rings. The second-order valence-corrected chi connectivity index (χ2v) is 8.09. The standard InChI is InChI=1S/C22H22N2O4S/c1-3-28-20-11-7-19(8-12-20)24-29(26,27)21-13-9-18(10-14-21)23-22(25)17-6-4-5-16(2)15-17/h4-15,24H,3H2,1-2H3,(H,23,25). The number of ether oxygens (including phenoxy) is 1. The molecule has 150 valence electrons. The fourth-order valence-electron chi connectivity index (χ4n) is 2.71. The number of anilines is 2. The van der Waals surface area contributed by atoms with Gasteiger partial charge in [0, 0.05) is 16.9 Å². The van der Waals surface area contributed by atoms with Gasteiger partial charge in [0.1, 0.15) is 5.75 Å². The SMILES string of the molecule is CCOc1ccc(NS(=O)(=O)c2ccc(NC(=O)c3cccc(C)c3)cc2)cc1. The number of carbonyl (C=O) groups excluding carboxylic acids is 1. The van der Waals surface area contributed by atoms with Gasteiger partial charge in [-0.3, -0.25) is 9.52 Å². The molecule has 0 spiro atoms. The topological polar surface area (TPSA) is 84.5 Å². The van der Waals surface area contributed by atoms with Crippen LogP contribution in [0.3, 0.4) is 0 Å². The molecule has 0 unspecified atom stereocenters. The van der Waals surface area contributed by atoms with E-state index >= 15 is 0 Å². The van der Waals surface area contributed by atoms with Gasteiger partial charge in [-0.15, -0.1) is 0 Å². The molecule has 7 heteroatoms. The monoisotopic (exact) mass is 410 g/mol. The number of sulfonamides is 1. The summed E-state index contributed by atoms with van der Waals surface area (Å²) in [7, 11) is -3.74. The van der Waals surface area contributed by atoms with Gasteiger partial charge in [-0.2, -0.15) is 0 Å². The first-order valence-corrected chi connectivity index (χ1v) is 10.6. The lowest BCUT2D eigenvalue weighted by molar-refractivity contribution is 0.102. The third kappa shape index (κ3) is 5.36. The Kier molecular flexibility index (Phi) is 6.19. The van der Waals surface area contributed by atoms with Crippen molar-refractivity contribution in [2.75, 3.05) is 16.6 Å². The van der Waals surface area contributed by atoms with Gasteiger partial charge in [0.25, 0.3) is 15.9 Å². The van der Waals surface area contributed by atoms with E-state index in [-0.39, 0.29) is 10.8 Å². The maximum atomic E-state index is 12.6. The van der Waals surface area contributed by atoms with Gasteiger partial charge in [-0.05, 0) is 74.5 Å². The van der Waals surface area contributed by atoms with E-state index in [9.17, 15) is 13.2 Å². The average Bonchev–Trinajstić information content (AvgIpc) is 2.70. The summed E-state index contributed by atoms with van der Waals surface area (Å²) in [6.45, 7) is 4.33. The van der Waals surface area contributed by atoms with E-state index < -0.39 is 10.0 Å². The number of rotatable bonds is 7. The Hall–Kier alpha value is -3.32. The molecule has 3 aromatic rings. The van der Waals surface area contributed by atoms with Gasteiger partial charge >= 0.3 is 0 Å². The number of nitrogens with one attached hydrogen (secondary N) is 2. The summed E-state index contributed by atoms with van der Waals surface area (Å²) >= 11 is 0. The first-order chi connectivity index (χ1) is 13.9. The fourth-order valence-corrected chi connectivity index (χ4v) is 3.77. The summed E-state index contributed by atoms with van der Waals surface area (Å²) < 4.78 is 33.0. The van der Waals surface area contributed by atoms with E-state index in [1.807, 2.05) is 26.0 Å². The van der Waals surface area contributed by atoms with E-state index in [2.05, 4.69) is 10.0 Å². The van der Waals surface area contributed by atoms with Crippen LogP contribution in [0.2, 0.25) is 0 Å². The van der Waals surface area contributed by atoms with Crippen molar-refractivity contribution in [3.63, 3.8) is 0 Å². The minimum Gasteiger partial charge on any atom is -0.494 e. The Bertz CT molecular complexity index is 1090. The van der Waals surface area contributed by atoms with Crippen molar-refractivity contribution in [2.45, 2.75) is 18.7 Å². The van der Waals surface area contributed by atoms with Gasteiger partial charge < -0.3 is 10.1 Å². The second-order valence-electron chi connectivity index (χ2n) is 6.41. The Morgan fingerprint density at radius 3 is 2.21 bits per heavy atom. The number of benzene rings is 3. The number of aryl methyl sites for hydroxylation is 1. The smallest absolute Gasteiger partial charge is 0.261 e. The van der Waals surface area contributed by atoms with E-state index in [4.69, 9.17) is 4.74 Å². The maximum Gasteiger partial charge on any atom is 0.261 e. The second kappa shape index (κ2) is 8.79. The Morgan fingerprint density at radius 1 is 0.931 bits per heavy atom. The molecule has 1 amide bonds. The predicted molar refractivity (Wildman–Crippen MR) is 114 cm³/mol. The summed E-state index contributed by atoms with van der Waals surface area (Å²) in [6.07, 6.45) is 0. The van der Waals surface area contributed by atoms with E-state index in [0.717, 1.165) is 5.56 Å². The number of carbonyl (C=O) groups is 1. The van der Waals surface area contributed by atoms with Crippen molar-refractivity contribution < 1.29 is 17.9 Å². The zero-order valence-corrected chi connectivity index (χ0v) is 17.0. The van der Waals surface area contributed by atoms with Crippen molar-refractivity contribution >= 4 is 27.3 Å². The average molecular weight is 410 g/mol.